The fourth-order valence-electron chi connectivity index (χ4n) is 1.77. The quantitative estimate of drug-likeness (QED) is 0.725. The molecule has 0 unspecified atom stereocenters. The zero-order valence-corrected chi connectivity index (χ0v) is 13.1. The molecule has 0 aromatic carbocycles. The molecule has 1 aliphatic rings. The summed E-state index contributed by atoms with van der Waals surface area (Å²) < 4.78 is 5.31. The van der Waals surface area contributed by atoms with Gasteiger partial charge in [0.25, 0.3) is 0 Å². The Balaban J connectivity index is 2.22. The fourth-order valence-corrected chi connectivity index (χ4v) is 1.77. The predicted molar refractivity (Wildman–Crippen MR) is 81.3 cm³/mol. The number of rotatable bonds is 4. The number of morpholine rings is 1. The smallest absolute Gasteiger partial charge is 0.232 e. The Bertz CT molecular complexity index is 494. The Morgan fingerprint density at radius 3 is 2.33 bits per heavy atom. The molecule has 1 aromatic heterocycles. The monoisotopic (exact) mass is 296 g/mol. The summed E-state index contributed by atoms with van der Waals surface area (Å²) >= 11 is 0. The lowest BCUT2D eigenvalue weighted by atomic mass is 9.86. The SMILES string of the molecule is CC(C)(O)C(C)(C)Nc1nc(N)nc(N2CCOCC2)n1. The Hall–Kier alpha value is -1.67. The highest BCUT2D eigenvalue weighted by Crippen LogP contribution is 2.25. The first-order chi connectivity index (χ1) is 9.69. The minimum atomic E-state index is -0.951. The van der Waals surface area contributed by atoms with Crippen LogP contribution in [0.3, 0.4) is 0 Å². The van der Waals surface area contributed by atoms with Gasteiger partial charge in [0.2, 0.25) is 17.8 Å². The lowest BCUT2D eigenvalue weighted by Gasteiger charge is -2.38. The Morgan fingerprint density at radius 2 is 1.76 bits per heavy atom. The van der Waals surface area contributed by atoms with Gasteiger partial charge in [-0.3, -0.25) is 0 Å². The second kappa shape index (κ2) is 5.61. The van der Waals surface area contributed by atoms with Crippen LogP contribution in [0, 0.1) is 0 Å². The van der Waals surface area contributed by atoms with E-state index in [1.165, 1.54) is 0 Å². The number of hydrogen-bond donors (Lipinski definition) is 3. The molecule has 1 aliphatic heterocycles. The molecule has 1 saturated heterocycles. The number of hydrogen-bond acceptors (Lipinski definition) is 8. The molecule has 1 fully saturated rings. The van der Waals surface area contributed by atoms with E-state index >= 15 is 0 Å². The van der Waals surface area contributed by atoms with Gasteiger partial charge in [0, 0.05) is 13.1 Å². The lowest BCUT2D eigenvalue weighted by Crippen LogP contribution is -2.51. The van der Waals surface area contributed by atoms with Gasteiger partial charge in [-0.05, 0) is 27.7 Å². The van der Waals surface area contributed by atoms with E-state index in [0.717, 1.165) is 13.1 Å². The maximum Gasteiger partial charge on any atom is 0.232 e. The maximum absolute atomic E-state index is 10.2. The van der Waals surface area contributed by atoms with Crippen molar-refractivity contribution in [3.63, 3.8) is 0 Å². The number of nitrogen functional groups attached to an aromatic ring is 1. The second-order valence-corrected chi connectivity index (χ2v) is 6.23. The summed E-state index contributed by atoms with van der Waals surface area (Å²) in [6, 6.07) is 0. The van der Waals surface area contributed by atoms with Gasteiger partial charge in [0.05, 0.1) is 24.4 Å². The highest BCUT2D eigenvalue weighted by Gasteiger charge is 2.35. The molecule has 0 spiro atoms. The van der Waals surface area contributed by atoms with Crippen LogP contribution < -0.4 is 16.0 Å². The van der Waals surface area contributed by atoms with Crippen molar-refractivity contribution in [2.24, 2.45) is 0 Å². The number of ether oxygens (including phenoxy) is 1. The number of aromatic nitrogens is 3. The summed E-state index contributed by atoms with van der Waals surface area (Å²) in [6.45, 7) is 9.94. The molecule has 0 amide bonds. The van der Waals surface area contributed by atoms with Crippen molar-refractivity contribution in [2.75, 3.05) is 42.3 Å². The van der Waals surface area contributed by atoms with Gasteiger partial charge in [0.15, 0.2) is 0 Å². The van der Waals surface area contributed by atoms with Gasteiger partial charge in [-0.2, -0.15) is 15.0 Å². The first kappa shape index (κ1) is 15.7. The largest absolute Gasteiger partial charge is 0.388 e. The summed E-state index contributed by atoms with van der Waals surface area (Å²) in [7, 11) is 0. The molecule has 2 rings (SSSR count). The molecule has 2 heterocycles. The van der Waals surface area contributed by atoms with E-state index in [1.54, 1.807) is 13.8 Å². The molecule has 21 heavy (non-hydrogen) atoms. The van der Waals surface area contributed by atoms with Crippen molar-refractivity contribution in [1.82, 2.24) is 15.0 Å². The predicted octanol–water partition coefficient (Wildman–Crippen LogP) is 0.252. The molecule has 4 N–H and O–H groups in total. The van der Waals surface area contributed by atoms with Crippen LogP contribution >= 0.6 is 0 Å². The first-order valence-corrected chi connectivity index (χ1v) is 7.04. The van der Waals surface area contributed by atoms with Crippen molar-refractivity contribution in [1.29, 1.82) is 0 Å². The molecule has 0 aliphatic carbocycles. The van der Waals surface area contributed by atoms with Crippen molar-refractivity contribution < 1.29 is 9.84 Å². The van der Waals surface area contributed by atoms with Crippen molar-refractivity contribution >= 4 is 17.8 Å². The van der Waals surface area contributed by atoms with E-state index in [9.17, 15) is 5.11 Å². The number of anilines is 3. The van der Waals surface area contributed by atoms with E-state index in [1.807, 2.05) is 18.7 Å². The van der Waals surface area contributed by atoms with Crippen LogP contribution in [0.1, 0.15) is 27.7 Å². The zero-order valence-electron chi connectivity index (χ0n) is 13.1. The summed E-state index contributed by atoms with van der Waals surface area (Å²) in [5.41, 5.74) is 4.20. The average molecular weight is 296 g/mol. The second-order valence-electron chi connectivity index (χ2n) is 6.23. The van der Waals surface area contributed by atoms with Crippen LogP contribution in [0.2, 0.25) is 0 Å². The first-order valence-electron chi connectivity index (χ1n) is 7.04. The minimum Gasteiger partial charge on any atom is -0.388 e. The van der Waals surface area contributed by atoms with E-state index < -0.39 is 11.1 Å². The molecular weight excluding hydrogens is 272 g/mol. The minimum absolute atomic E-state index is 0.153. The molecule has 1 aromatic rings. The van der Waals surface area contributed by atoms with E-state index in [4.69, 9.17) is 10.5 Å². The standard InChI is InChI=1S/C13H24N6O2/c1-12(2,13(3,4)20)18-10-15-9(14)16-11(17-10)19-5-7-21-8-6-19/h20H,5-8H2,1-4H3,(H3,14,15,16,17,18). The average Bonchev–Trinajstić information content (AvgIpc) is 2.37. The number of nitrogens with zero attached hydrogens (tertiary/aromatic N) is 4. The maximum atomic E-state index is 10.2. The van der Waals surface area contributed by atoms with Gasteiger partial charge < -0.3 is 25.8 Å². The van der Waals surface area contributed by atoms with E-state index in [0.29, 0.717) is 25.1 Å². The fraction of sp³-hybridized carbons (Fsp3) is 0.769. The summed E-state index contributed by atoms with van der Waals surface area (Å²) in [5.74, 6) is 1.04. The molecule has 0 bridgehead atoms. The van der Waals surface area contributed by atoms with Crippen LogP contribution in [0.4, 0.5) is 17.8 Å². The summed E-state index contributed by atoms with van der Waals surface area (Å²) in [4.78, 5) is 14.7. The Morgan fingerprint density at radius 1 is 1.14 bits per heavy atom. The molecule has 0 atom stereocenters. The van der Waals surface area contributed by atoms with Gasteiger partial charge in [-0.1, -0.05) is 0 Å². The van der Waals surface area contributed by atoms with Crippen molar-refractivity contribution in [2.45, 2.75) is 38.8 Å². The number of aliphatic hydroxyl groups is 1. The summed E-state index contributed by atoms with van der Waals surface area (Å²) in [6.07, 6.45) is 0. The number of nitrogens with two attached hydrogens (primary N) is 1. The topological polar surface area (TPSA) is 109 Å². The normalized spacial score (nSPS) is 16.9. The Labute approximate surface area is 124 Å². The highest BCUT2D eigenvalue weighted by atomic mass is 16.5. The van der Waals surface area contributed by atoms with E-state index in [-0.39, 0.29) is 5.95 Å². The third-order valence-corrected chi connectivity index (χ3v) is 3.89. The molecule has 118 valence electrons. The van der Waals surface area contributed by atoms with E-state index in [2.05, 4.69) is 20.3 Å². The van der Waals surface area contributed by atoms with Gasteiger partial charge in [-0.25, -0.2) is 0 Å². The van der Waals surface area contributed by atoms with Gasteiger partial charge >= 0.3 is 0 Å². The van der Waals surface area contributed by atoms with Crippen molar-refractivity contribution in [3.05, 3.63) is 0 Å². The van der Waals surface area contributed by atoms with Crippen LogP contribution in [-0.4, -0.2) is 57.5 Å². The molecule has 0 radical (unpaired) electrons. The molecule has 0 saturated carbocycles. The van der Waals surface area contributed by atoms with Crippen LogP contribution in [0.5, 0.6) is 0 Å². The van der Waals surface area contributed by atoms with Crippen LogP contribution in [0.15, 0.2) is 0 Å². The Kier molecular flexibility index (Phi) is 4.20. The molecule has 8 heteroatoms. The number of nitrogens with one attached hydrogen (secondary N) is 1. The summed E-state index contributed by atoms with van der Waals surface area (Å²) in [5, 5.41) is 13.3. The third-order valence-electron chi connectivity index (χ3n) is 3.89. The zero-order chi connectivity index (χ0) is 15.7. The lowest BCUT2D eigenvalue weighted by molar-refractivity contribution is 0.0237. The molecular formula is C13H24N6O2. The van der Waals surface area contributed by atoms with Crippen LogP contribution in [-0.2, 0) is 4.74 Å². The van der Waals surface area contributed by atoms with Gasteiger partial charge in [-0.15, -0.1) is 0 Å². The highest BCUT2D eigenvalue weighted by molar-refractivity contribution is 5.43. The van der Waals surface area contributed by atoms with Crippen molar-refractivity contribution in [3.8, 4) is 0 Å². The third kappa shape index (κ3) is 3.70. The molecule has 8 nitrogen and oxygen atoms in total. The van der Waals surface area contributed by atoms with Gasteiger partial charge in [0.1, 0.15) is 0 Å². The van der Waals surface area contributed by atoms with Crippen LogP contribution in [0.25, 0.3) is 0 Å².